The van der Waals surface area contributed by atoms with Crippen molar-refractivity contribution in [1.29, 1.82) is 0 Å². The number of carboxylic acids is 1. The van der Waals surface area contributed by atoms with E-state index in [1.165, 1.54) is 104 Å². The maximum atomic E-state index is 11.8. The van der Waals surface area contributed by atoms with Crippen molar-refractivity contribution in [2.45, 2.75) is 122 Å². The number of thiophene rings is 1. The smallest absolute Gasteiger partial charge is 0.344 e. The molecule has 0 aliphatic heterocycles. The molecule has 1 aliphatic rings. The molecule has 0 spiro atoms. The van der Waals surface area contributed by atoms with Gasteiger partial charge >= 0.3 is 5.97 Å². The first-order chi connectivity index (χ1) is 15.7. The van der Waals surface area contributed by atoms with Crippen molar-refractivity contribution in [2.24, 2.45) is 0 Å². The Morgan fingerprint density at radius 3 is 2.22 bits per heavy atom. The van der Waals surface area contributed by atoms with Gasteiger partial charge in [-0.3, -0.25) is 0 Å². The Hall–Kier alpha value is -1.55. The zero-order valence-electron chi connectivity index (χ0n) is 20.0. The predicted octanol–water partition coefficient (Wildman–Crippen LogP) is 8.70. The first kappa shape index (κ1) is 25.1. The average molecular weight is 459 g/mol. The number of rotatable bonds is 16. The van der Waals surface area contributed by atoms with Gasteiger partial charge in [0.2, 0.25) is 0 Å². The summed E-state index contributed by atoms with van der Waals surface area (Å²) in [6.45, 7) is 2.26. The van der Waals surface area contributed by atoms with Gasteiger partial charge in [0.1, 0.15) is 5.75 Å². The number of hydrogen-bond donors (Lipinski definition) is 1. The highest BCUT2D eigenvalue weighted by molar-refractivity contribution is 7.19. The molecule has 1 N–H and O–H groups in total. The van der Waals surface area contributed by atoms with Crippen LogP contribution >= 0.6 is 11.3 Å². The summed E-state index contributed by atoms with van der Waals surface area (Å²) in [5, 5.41) is 10.9. The maximum Gasteiger partial charge on any atom is 0.344 e. The molecule has 1 aromatic heterocycles. The SMILES string of the molecule is CCCCCCCCCCCCCCC(Oc1ccc2sc3c(c2c1)CCCC3)C(=O)O. The van der Waals surface area contributed by atoms with E-state index in [-0.39, 0.29) is 0 Å². The molecule has 1 unspecified atom stereocenters. The molecule has 1 heterocycles. The van der Waals surface area contributed by atoms with Gasteiger partial charge in [-0.05, 0) is 67.7 Å². The molecule has 0 radical (unpaired) electrons. The Labute approximate surface area is 198 Å². The van der Waals surface area contributed by atoms with Crippen LogP contribution in [0.1, 0.15) is 114 Å². The number of ether oxygens (including phenoxy) is 1. The number of carboxylic acid groups (broad SMARTS) is 1. The first-order valence-corrected chi connectivity index (χ1v) is 13.9. The number of unbranched alkanes of at least 4 members (excludes halogenated alkanes) is 11. The molecule has 3 nitrogen and oxygen atoms in total. The Kier molecular flexibility index (Phi) is 10.9. The van der Waals surface area contributed by atoms with E-state index in [9.17, 15) is 9.90 Å². The summed E-state index contributed by atoms with van der Waals surface area (Å²) in [5.41, 5.74) is 1.47. The van der Waals surface area contributed by atoms with Gasteiger partial charge in [-0.1, -0.05) is 77.6 Å². The molecule has 32 heavy (non-hydrogen) atoms. The van der Waals surface area contributed by atoms with E-state index >= 15 is 0 Å². The summed E-state index contributed by atoms with van der Waals surface area (Å²) in [4.78, 5) is 13.3. The molecule has 0 amide bonds. The largest absolute Gasteiger partial charge is 0.479 e. The fourth-order valence-corrected chi connectivity index (χ4v) is 6.16. The van der Waals surface area contributed by atoms with Crippen LogP contribution in [0.15, 0.2) is 18.2 Å². The molecular formula is C28H42O3S. The number of fused-ring (bicyclic) bond motifs is 3. The minimum absolute atomic E-state index is 0.590. The van der Waals surface area contributed by atoms with Crippen LogP contribution in [0, 0.1) is 0 Å². The van der Waals surface area contributed by atoms with E-state index in [4.69, 9.17) is 4.74 Å². The van der Waals surface area contributed by atoms with Crippen LogP contribution in [0.5, 0.6) is 5.75 Å². The molecule has 4 heteroatoms. The minimum atomic E-state index is -0.847. The number of aliphatic carboxylic acids is 1. The third-order valence-electron chi connectivity index (χ3n) is 6.80. The lowest BCUT2D eigenvalue weighted by Crippen LogP contribution is -2.26. The summed E-state index contributed by atoms with van der Waals surface area (Å²) >= 11 is 1.89. The van der Waals surface area contributed by atoms with Gasteiger partial charge in [-0.15, -0.1) is 11.3 Å². The summed E-state index contributed by atoms with van der Waals surface area (Å²) in [6.07, 6.45) is 20.1. The monoisotopic (exact) mass is 458 g/mol. The molecule has 1 atom stereocenters. The average Bonchev–Trinajstić information content (AvgIpc) is 3.17. The lowest BCUT2D eigenvalue weighted by atomic mass is 9.96. The highest BCUT2D eigenvalue weighted by Crippen LogP contribution is 2.38. The van der Waals surface area contributed by atoms with Crippen molar-refractivity contribution in [3.63, 3.8) is 0 Å². The van der Waals surface area contributed by atoms with Gasteiger partial charge in [0.25, 0.3) is 0 Å². The molecule has 0 saturated heterocycles. The third kappa shape index (κ3) is 7.79. The van der Waals surface area contributed by atoms with Gasteiger partial charge in [0, 0.05) is 9.58 Å². The van der Waals surface area contributed by atoms with E-state index < -0.39 is 12.1 Å². The van der Waals surface area contributed by atoms with Crippen LogP contribution in [-0.4, -0.2) is 17.2 Å². The normalized spacial score (nSPS) is 14.4. The predicted molar refractivity (Wildman–Crippen MR) is 136 cm³/mol. The second kappa shape index (κ2) is 13.9. The Balaban J connectivity index is 1.35. The summed E-state index contributed by atoms with van der Waals surface area (Å²) < 4.78 is 7.25. The number of benzene rings is 1. The zero-order valence-corrected chi connectivity index (χ0v) is 20.8. The van der Waals surface area contributed by atoms with E-state index in [0.29, 0.717) is 12.2 Å². The van der Waals surface area contributed by atoms with Crippen LogP contribution < -0.4 is 4.74 Å². The standard InChI is InChI=1S/C28H42O3S/c1-2-3-4-5-6-7-8-9-10-11-12-13-17-25(28(29)30)31-22-19-20-27-24(21-22)23-16-14-15-18-26(23)32-27/h19-21,25H,2-18H2,1H3,(H,29,30). The highest BCUT2D eigenvalue weighted by atomic mass is 32.1. The fraction of sp³-hybridized carbons (Fsp3) is 0.679. The van der Waals surface area contributed by atoms with Crippen molar-refractivity contribution in [1.82, 2.24) is 0 Å². The first-order valence-electron chi connectivity index (χ1n) is 13.1. The molecule has 178 valence electrons. The second-order valence-electron chi connectivity index (χ2n) is 9.49. The van der Waals surface area contributed by atoms with Crippen molar-refractivity contribution in [2.75, 3.05) is 0 Å². The van der Waals surface area contributed by atoms with Crippen molar-refractivity contribution in [3.05, 3.63) is 28.6 Å². The number of carbonyl (C=O) groups is 1. The molecule has 0 saturated carbocycles. The quantitative estimate of drug-likeness (QED) is 0.256. The van der Waals surface area contributed by atoms with Crippen molar-refractivity contribution in [3.8, 4) is 5.75 Å². The fourth-order valence-electron chi connectivity index (χ4n) is 4.88. The van der Waals surface area contributed by atoms with Gasteiger partial charge in [-0.25, -0.2) is 4.79 Å². The highest BCUT2D eigenvalue weighted by Gasteiger charge is 2.21. The lowest BCUT2D eigenvalue weighted by Gasteiger charge is -2.16. The van der Waals surface area contributed by atoms with E-state index in [0.717, 1.165) is 19.3 Å². The molecule has 3 rings (SSSR count). The van der Waals surface area contributed by atoms with Gasteiger partial charge in [0.15, 0.2) is 6.10 Å². The van der Waals surface area contributed by atoms with E-state index in [1.807, 2.05) is 17.4 Å². The molecule has 1 aliphatic carbocycles. The van der Waals surface area contributed by atoms with Crippen molar-refractivity contribution < 1.29 is 14.6 Å². The van der Waals surface area contributed by atoms with Crippen LogP contribution in [0.25, 0.3) is 10.1 Å². The molecule has 0 fully saturated rings. The molecule has 0 bridgehead atoms. The second-order valence-corrected chi connectivity index (χ2v) is 10.6. The topological polar surface area (TPSA) is 46.5 Å². The number of aryl methyl sites for hydroxylation is 2. The third-order valence-corrected chi connectivity index (χ3v) is 8.07. The summed E-state index contributed by atoms with van der Waals surface area (Å²) in [6, 6.07) is 6.13. The lowest BCUT2D eigenvalue weighted by molar-refractivity contribution is -0.145. The van der Waals surface area contributed by atoms with Gasteiger partial charge < -0.3 is 9.84 Å². The molecule has 2 aromatic rings. The minimum Gasteiger partial charge on any atom is -0.479 e. The maximum absolute atomic E-state index is 11.8. The van der Waals surface area contributed by atoms with E-state index in [2.05, 4.69) is 19.1 Å². The van der Waals surface area contributed by atoms with E-state index in [1.54, 1.807) is 0 Å². The number of hydrogen-bond acceptors (Lipinski definition) is 3. The van der Waals surface area contributed by atoms with Crippen molar-refractivity contribution >= 4 is 27.4 Å². The van der Waals surface area contributed by atoms with Crippen LogP contribution in [0.3, 0.4) is 0 Å². The van der Waals surface area contributed by atoms with Gasteiger partial charge in [-0.2, -0.15) is 0 Å². The zero-order chi connectivity index (χ0) is 22.6. The molecule has 1 aromatic carbocycles. The molecular weight excluding hydrogens is 416 g/mol. The van der Waals surface area contributed by atoms with Gasteiger partial charge in [0.05, 0.1) is 0 Å². The Morgan fingerprint density at radius 1 is 0.938 bits per heavy atom. The summed E-state index contributed by atoms with van der Waals surface area (Å²) in [7, 11) is 0. The van der Waals surface area contributed by atoms with Crippen LogP contribution in [0.2, 0.25) is 0 Å². The Morgan fingerprint density at radius 2 is 1.56 bits per heavy atom. The summed E-state index contributed by atoms with van der Waals surface area (Å²) in [5.74, 6) is -0.143. The van der Waals surface area contributed by atoms with Crippen LogP contribution in [-0.2, 0) is 17.6 Å². The van der Waals surface area contributed by atoms with Crippen LogP contribution in [0.4, 0.5) is 0 Å². The Bertz CT molecular complexity index is 825.